The average Bonchev–Trinajstić information content (AvgIpc) is 2.85. The first-order chi connectivity index (χ1) is 11.0. The standard InChI is InChI=1S/C16H22N2O4S/c1-2-22-16(19)18-9-7-17(8-10-18)12-13-4-3-5-15-14(13)6-11-23(15,20)21/h3-6,11,20-21H,2,7-10,12H2,1H3. The molecule has 1 aromatic carbocycles. The molecule has 0 saturated carbocycles. The molecule has 2 heterocycles. The summed E-state index contributed by atoms with van der Waals surface area (Å²) in [5.74, 6) is 0. The summed E-state index contributed by atoms with van der Waals surface area (Å²) in [6.07, 6.45) is 1.55. The summed E-state index contributed by atoms with van der Waals surface area (Å²) in [7, 11) is -2.76. The van der Waals surface area contributed by atoms with Gasteiger partial charge in [0.1, 0.15) is 0 Å². The number of fused-ring (bicyclic) bond motifs is 1. The third-order valence-electron chi connectivity index (χ3n) is 4.20. The molecule has 1 amide bonds. The molecule has 1 fully saturated rings. The van der Waals surface area contributed by atoms with Gasteiger partial charge in [-0.1, -0.05) is 12.1 Å². The van der Waals surface area contributed by atoms with E-state index in [9.17, 15) is 13.9 Å². The molecule has 0 spiro atoms. The molecule has 1 aromatic rings. The second kappa shape index (κ2) is 6.52. The number of rotatable bonds is 3. The van der Waals surface area contributed by atoms with Gasteiger partial charge in [-0.3, -0.25) is 14.0 Å². The van der Waals surface area contributed by atoms with Gasteiger partial charge >= 0.3 is 6.09 Å². The number of piperazine rings is 1. The Labute approximate surface area is 137 Å². The number of carbonyl (C=O) groups is 1. The second-order valence-corrected chi connectivity index (χ2v) is 7.58. The molecule has 2 aliphatic heterocycles. The summed E-state index contributed by atoms with van der Waals surface area (Å²) in [5.41, 5.74) is 2.00. The number of benzene rings is 1. The Kier molecular flexibility index (Phi) is 4.63. The van der Waals surface area contributed by atoms with Gasteiger partial charge in [-0.2, -0.15) is 0 Å². The minimum absolute atomic E-state index is 0.246. The number of carbonyl (C=O) groups excluding carboxylic acids is 1. The quantitative estimate of drug-likeness (QED) is 0.886. The summed E-state index contributed by atoms with van der Waals surface area (Å²) in [6.45, 7) is 5.80. The van der Waals surface area contributed by atoms with E-state index in [-0.39, 0.29) is 6.09 Å². The minimum Gasteiger partial charge on any atom is -0.450 e. The van der Waals surface area contributed by atoms with Crippen LogP contribution in [0, 0.1) is 0 Å². The summed E-state index contributed by atoms with van der Waals surface area (Å²) in [5, 5.41) is 1.49. The van der Waals surface area contributed by atoms with E-state index in [0.717, 1.165) is 30.8 Å². The molecule has 23 heavy (non-hydrogen) atoms. The van der Waals surface area contributed by atoms with Crippen molar-refractivity contribution < 1.29 is 18.6 Å². The zero-order chi connectivity index (χ0) is 16.4. The lowest BCUT2D eigenvalue weighted by molar-refractivity contribution is 0.0778. The summed E-state index contributed by atoms with van der Waals surface area (Å²) in [4.78, 5) is 16.3. The van der Waals surface area contributed by atoms with Crippen LogP contribution in [0.5, 0.6) is 0 Å². The van der Waals surface area contributed by atoms with Gasteiger partial charge in [0.25, 0.3) is 0 Å². The molecule has 0 bridgehead atoms. The maximum Gasteiger partial charge on any atom is 0.409 e. The highest BCUT2D eigenvalue weighted by Gasteiger charge is 2.26. The number of hydrogen-bond donors (Lipinski definition) is 2. The predicted molar refractivity (Wildman–Crippen MR) is 90.5 cm³/mol. The van der Waals surface area contributed by atoms with Crippen LogP contribution in [0.1, 0.15) is 18.1 Å². The van der Waals surface area contributed by atoms with Crippen molar-refractivity contribution in [2.75, 3.05) is 32.8 Å². The largest absolute Gasteiger partial charge is 0.450 e. The molecular weight excluding hydrogens is 316 g/mol. The fourth-order valence-corrected chi connectivity index (χ4v) is 4.23. The van der Waals surface area contributed by atoms with Crippen molar-refractivity contribution in [3.63, 3.8) is 0 Å². The number of amides is 1. The molecule has 2 aliphatic rings. The van der Waals surface area contributed by atoms with Crippen molar-refractivity contribution in [2.45, 2.75) is 18.4 Å². The lowest BCUT2D eigenvalue weighted by Crippen LogP contribution is -2.48. The number of ether oxygens (including phenoxy) is 1. The van der Waals surface area contributed by atoms with Crippen LogP contribution < -0.4 is 0 Å². The highest BCUT2D eigenvalue weighted by molar-refractivity contribution is 8.27. The Balaban J connectivity index is 1.64. The summed E-state index contributed by atoms with van der Waals surface area (Å²) >= 11 is 0. The first-order valence-corrected chi connectivity index (χ1v) is 9.34. The highest BCUT2D eigenvalue weighted by Crippen LogP contribution is 2.56. The van der Waals surface area contributed by atoms with Crippen molar-refractivity contribution in [2.24, 2.45) is 0 Å². The Morgan fingerprint density at radius 3 is 2.70 bits per heavy atom. The van der Waals surface area contributed by atoms with Gasteiger partial charge in [0.05, 0.1) is 11.5 Å². The lowest BCUT2D eigenvalue weighted by Gasteiger charge is -2.34. The molecule has 0 aromatic heterocycles. The Morgan fingerprint density at radius 1 is 1.26 bits per heavy atom. The van der Waals surface area contributed by atoms with Gasteiger partial charge in [0.15, 0.2) is 0 Å². The van der Waals surface area contributed by atoms with Crippen LogP contribution in [-0.2, 0) is 11.3 Å². The lowest BCUT2D eigenvalue weighted by atomic mass is 10.1. The molecule has 0 unspecified atom stereocenters. The van der Waals surface area contributed by atoms with E-state index in [4.69, 9.17) is 4.74 Å². The minimum atomic E-state index is -2.76. The van der Waals surface area contributed by atoms with Gasteiger partial charge in [-0.15, -0.1) is 10.6 Å². The number of nitrogens with zero attached hydrogens (tertiary/aromatic N) is 2. The number of hydrogen-bond acceptors (Lipinski definition) is 5. The first-order valence-electron chi connectivity index (χ1n) is 7.73. The van der Waals surface area contributed by atoms with Crippen LogP contribution in [0.3, 0.4) is 0 Å². The fraction of sp³-hybridized carbons (Fsp3) is 0.438. The fourth-order valence-electron chi connectivity index (χ4n) is 2.96. The zero-order valence-electron chi connectivity index (χ0n) is 13.1. The van der Waals surface area contributed by atoms with E-state index in [1.807, 2.05) is 19.1 Å². The average molecular weight is 338 g/mol. The zero-order valence-corrected chi connectivity index (χ0v) is 14.0. The molecule has 7 heteroatoms. The third-order valence-corrected chi connectivity index (χ3v) is 5.72. The second-order valence-electron chi connectivity index (χ2n) is 5.69. The summed E-state index contributed by atoms with van der Waals surface area (Å²) < 4.78 is 25.0. The normalized spacial score (nSPS) is 21.1. The molecule has 0 radical (unpaired) electrons. The van der Waals surface area contributed by atoms with E-state index < -0.39 is 10.6 Å². The first kappa shape index (κ1) is 16.3. The van der Waals surface area contributed by atoms with E-state index >= 15 is 0 Å². The smallest absolute Gasteiger partial charge is 0.409 e. The van der Waals surface area contributed by atoms with Crippen molar-refractivity contribution in [3.8, 4) is 0 Å². The van der Waals surface area contributed by atoms with Crippen molar-refractivity contribution in [1.82, 2.24) is 9.80 Å². The molecular formula is C16H22N2O4S. The molecule has 0 atom stereocenters. The monoisotopic (exact) mass is 338 g/mol. The maximum atomic E-state index is 11.7. The van der Waals surface area contributed by atoms with E-state index in [1.165, 1.54) is 5.41 Å². The molecule has 2 N–H and O–H groups in total. The topological polar surface area (TPSA) is 73.2 Å². The van der Waals surface area contributed by atoms with Crippen molar-refractivity contribution in [1.29, 1.82) is 0 Å². The highest BCUT2D eigenvalue weighted by atomic mass is 32.3. The van der Waals surface area contributed by atoms with Gasteiger partial charge in [-0.05, 0) is 24.6 Å². The van der Waals surface area contributed by atoms with E-state index in [2.05, 4.69) is 4.90 Å². The van der Waals surface area contributed by atoms with Gasteiger partial charge in [0.2, 0.25) is 0 Å². The Morgan fingerprint density at radius 2 is 2.00 bits per heavy atom. The van der Waals surface area contributed by atoms with Gasteiger partial charge < -0.3 is 9.64 Å². The van der Waals surface area contributed by atoms with E-state index in [1.54, 1.807) is 17.0 Å². The molecule has 0 aliphatic carbocycles. The SMILES string of the molecule is CCOC(=O)N1CCN(Cc2cccc3c2C=CS3(O)O)CC1. The van der Waals surface area contributed by atoms with Crippen LogP contribution in [0.25, 0.3) is 6.08 Å². The molecule has 3 rings (SSSR count). The predicted octanol–water partition coefficient (Wildman–Crippen LogP) is 3.05. The van der Waals surface area contributed by atoms with Crippen LogP contribution in [-0.4, -0.2) is 57.8 Å². The van der Waals surface area contributed by atoms with Crippen LogP contribution in [0.2, 0.25) is 0 Å². The van der Waals surface area contributed by atoms with Crippen LogP contribution >= 0.6 is 10.6 Å². The maximum absolute atomic E-state index is 11.7. The van der Waals surface area contributed by atoms with Gasteiger partial charge in [-0.25, -0.2) is 4.79 Å². The third kappa shape index (κ3) is 3.37. The molecule has 126 valence electrons. The van der Waals surface area contributed by atoms with Crippen molar-refractivity contribution in [3.05, 3.63) is 34.7 Å². The Bertz CT molecular complexity index is 625. The van der Waals surface area contributed by atoms with E-state index in [0.29, 0.717) is 24.6 Å². The molecule has 6 nitrogen and oxygen atoms in total. The molecule has 1 saturated heterocycles. The van der Waals surface area contributed by atoms with Crippen molar-refractivity contribution >= 4 is 22.8 Å². The summed E-state index contributed by atoms with van der Waals surface area (Å²) in [6, 6.07) is 5.65. The van der Waals surface area contributed by atoms with Crippen LogP contribution in [0.4, 0.5) is 4.79 Å². The Hall–Kier alpha value is -1.54. The van der Waals surface area contributed by atoms with Gasteiger partial charge in [0, 0.05) is 43.7 Å². The van der Waals surface area contributed by atoms with Crippen LogP contribution in [0.15, 0.2) is 28.5 Å².